The first-order chi connectivity index (χ1) is 9.06. The molecule has 0 radical (unpaired) electrons. The first-order valence-electron chi connectivity index (χ1n) is 6.94. The van der Waals surface area contributed by atoms with Gasteiger partial charge in [-0.05, 0) is 49.9 Å². The van der Waals surface area contributed by atoms with Crippen LogP contribution in [0.4, 0.5) is 0 Å². The first-order valence-corrected chi connectivity index (χ1v) is 6.94. The van der Waals surface area contributed by atoms with Crippen molar-refractivity contribution in [1.29, 1.82) is 0 Å². The molecule has 0 bridgehead atoms. The Labute approximate surface area is 117 Å². The Bertz CT molecular complexity index is 391. The number of ether oxygens (including phenoxy) is 2. The highest BCUT2D eigenvalue weighted by molar-refractivity contribution is 5.37. The predicted octanol–water partition coefficient (Wildman–Crippen LogP) is 2.93. The van der Waals surface area contributed by atoms with Gasteiger partial charge in [-0.1, -0.05) is 12.1 Å². The zero-order valence-electron chi connectivity index (χ0n) is 12.9. The first kappa shape index (κ1) is 16.2. The fourth-order valence-corrected chi connectivity index (χ4v) is 2.15. The second-order valence-electron chi connectivity index (χ2n) is 5.07. The van der Waals surface area contributed by atoms with Crippen LogP contribution in [0.25, 0.3) is 0 Å². The zero-order chi connectivity index (χ0) is 14.3. The molecule has 0 spiro atoms. The van der Waals surface area contributed by atoms with Crippen molar-refractivity contribution < 1.29 is 9.47 Å². The minimum absolute atomic E-state index is 0.352. The molecule has 0 heterocycles. The van der Waals surface area contributed by atoms with Gasteiger partial charge in [-0.2, -0.15) is 0 Å². The summed E-state index contributed by atoms with van der Waals surface area (Å²) in [5.41, 5.74) is 5.44. The van der Waals surface area contributed by atoms with Crippen molar-refractivity contribution in [1.82, 2.24) is 5.32 Å². The summed E-state index contributed by atoms with van der Waals surface area (Å²) in [5, 5.41) is 3.50. The lowest BCUT2D eigenvalue weighted by Gasteiger charge is -2.18. The monoisotopic (exact) mass is 265 g/mol. The quantitative estimate of drug-likeness (QED) is 0.733. The average molecular weight is 265 g/mol. The van der Waals surface area contributed by atoms with Crippen molar-refractivity contribution in [3.05, 3.63) is 34.4 Å². The summed E-state index contributed by atoms with van der Waals surface area (Å²) >= 11 is 0. The lowest BCUT2D eigenvalue weighted by atomic mass is 9.96. The summed E-state index contributed by atoms with van der Waals surface area (Å²) < 4.78 is 10.4. The minimum Gasteiger partial charge on any atom is -0.382 e. The number of nitrogens with one attached hydrogen (secondary N) is 1. The molecule has 0 saturated heterocycles. The number of hydrogen-bond acceptors (Lipinski definition) is 3. The number of benzene rings is 1. The molecule has 0 saturated carbocycles. The van der Waals surface area contributed by atoms with Crippen LogP contribution in [-0.2, 0) is 9.47 Å². The van der Waals surface area contributed by atoms with E-state index in [9.17, 15) is 0 Å². The van der Waals surface area contributed by atoms with Crippen molar-refractivity contribution in [2.75, 3.05) is 33.5 Å². The molecule has 3 nitrogen and oxygen atoms in total. The van der Waals surface area contributed by atoms with Gasteiger partial charge in [0, 0.05) is 19.7 Å². The molecular weight excluding hydrogens is 238 g/mol. The molecule has 0 aromatic heterocycles. The van der Waals surface area contributed by atoms with E-state index in [0.717, 1.165) is 13.2 Å². The molecule has 1 N–H and O–H groups in total. The Morgan fingerprint density at radius 3 is 2.37 bits per heavy atom. The molecule has 108 valence electrons. The largest absolute Gasteiger partial charge is 0.382 e. The molecule has 1 atom stereocenters. The van der Waals surface area contributed by atoms with Gasteiger partial charge in [0.2, 0.25) is 0 Å². The summed E-state index contributed by atoms with van der Waals surface area (Å²) in [6.07, 6.45) is 0. The SMILES string of the molecule is COCCOCCNC(C)c1cc(C)c(C)cc1C. The van der Waals surface area contributed by atoms with E-state index in [-0.39, 0.29) is 0 Å². The molecule has 0 aliphatic rings. The van der Waals surface area contributed by atoms with Crippen molar-refractivity contribution in [3.63, 3.8) is 0 Å². The lowest BCUT2D eigenvalue weighted by molar-refractivity contribution is 0.0712. The Balaban J connectivity index is 2.41. The highest BCUT2D eigenvalue weighted by atomic mass is 16.5. The number of rotatable bonds is 8. The van der Waals surface area contributed by atoms with E-state index in [2.05, 4.69) is 45.1 Å². The summed E-state index contributed by atoms with van der Waals surface area (Å²) in [7, 11) is 1.69. The van der Waals surface area contributed by atoms with E-state index >= 15 is 0 Å². The summed E-state index contributed by atoms with van der Waals surface area (Å²) in [6, 6.07) is 4.90. The summed E-state index contributed by atoms with van der Waals surface area (Å²) in [6.45, 7) is 11.6. The molecule has 0 aliphatic heterocycles. The van der Waals surface area contributed by atoms with Gasteiger partial charge in [0.15, 0.2) is 0 Å². The highest BCUT2D eigenvalue weighted by Gasteiger charge is 2.09. The third-order valence-electron chi connectivity index (χ3n) is 3.48. The minimum atomic E-state index is 0.352. The highest BCUT2D eigenvalue weighted by Crippen LogP contribution is 2.21. The molecule has 0 fully saturated rings. The Hall–Kier alpha value is -0.900. The molecule has 1 aromatic rings. The maximum absolute atomic E-state index is 5.45. The molecule has 3 heteroatoms. The average Bonchev–Trinajstić information content (AvgIpc) is 2.37. The van der Waals surface area contributed by atoms with Crippen LogP contribution >= 0.6 is 0 Å². The fraction of sp³-hybridized carbons (Fsp3) is 0.625. The Kier molecular flexibility index (Phi) is 7.06. The van der Waals surface area contributed by atoms with Crippen molar-refractivity contribution >= 4 is 0 Å². The van der Waals surface area contributed by atoms with Crippen LogP contribution < -0.4 is 5.32 Å². The second-order valence-corrected chi connectivity index (χ2v) is 5.07. The van der Waals surface area contributed by atoms with Gasteiger partial charge in [-0.3, -0.25) is 0 Å². The van der Waals surface area contributed by atoms with Crippen molar-refractivity contribution in [2.24, 2.45) is 0 Å². The van der Waals surface area contributed by atoms with Crippen LogP contribution in [0.2, 0.25) is 0 Å². The van der Waals surface area contributed by atoms with E-state index in [1.54, 1.807) is 7.11 Å². The van der Waals surface area contributed by atoms with Crippen molar-refractivity contribution in [3.8, 4) is 0 Å². The van der Waals surface area contributed by atoms with Crippen LogP contribution in [0, 0.1) is 20.8 Å². The molecule has 19 heavy (non-hydrogen) atoms. The summed E-state index contributed by atoms with van der Waals surface area (Å²) in [4.78, 5) is 0. The standard InChI is InChI=1S/C16H27NO2/c1-12-10-14(3)16(11-13(12)2)15(4)17-6-7-19-9-8-18-5/h10-11,15,17H,6-9H2,1-5H3. The van der Waals surface area contributed by atoms with E-state index in [4.69, 9.17) is 9.47 Å². The zero-order valence-corrected chi connectivity index (χ0v) is 12.9. The van der Waals surface area contributed by atoms with Gasteiger partial charge < -0.3 is 14.8 Å². The molecule has 1 unspecified atom stereocenters. The molecule has 0 aliphatic carbocycles. The third kappa shape index (κ3) is 5.31. The van der Waals surface area contributed by atoms with Crippen LogP contribution in [0.15, 0.2) is 12.1 Å². The van der Waals surface area contributed by atoms with Gasteiger partial charge in [-0.25, -0.2) is 0 Å². The van der Waals surface area contributed by atoms with Gasteiger partial charge >= 0.3 is 0 Å². The van der Waals surface area contributed by atoms with E-state index in [1.807, 2.05) is 0 Å². The lowest BCUT2D eigenvalue weighted by Crippen LogP contribution is -2.24. The number of aryl methyl sites for hydroxylation is 3. The van der Waals surface area contributed by atoms with Gasteiger partial charge in [0.25, 0.3) is 0 Å². The van der Waals surface area contributed by atoms with Gasteiger partial charge in [0.1, 0.15) is 0 Å². The maximum Gasteiger partial charge on any atom is 0.0700 e. The Morgan fingerprint density at radius 1 is 1.00 bits per heavy atom. The van der Waals surface area contributed by atoms with E-state index in [1.165, 1.54) is 22.3 Å². The molecule has 0 amide bonds. The number of methoxy groups -OCH3 is 1. The smallest absolute Gasteiger partial charge is 0.0700 e. The van der Waals surface area contributed by atoms with Gasteiger partial charge in [0.05, 0.1) is 19.8 Å². The van der Waals surface area contributed by atoms with Gasteiger partial charge in [-0.15, -0.1) is 0 Å². The van der Waals surface area contributed by atoms with Crippen molar-refractivity contribution in [2.45, 2.75) is 33.7 Å². The molecule has 1 rings (SSSR count). The summed E-state index contributed by atoms with van der Waals surface area (Å²) in [5.74, 6) is 0. The molecule has 1 aromatic carbocycles. The second kappa shape index (κ2) is 8.31. The molecular formula is C16H27NO2. The maximum atomic E-state index is 5.45. The van der Waals surface area contributed by atoms with Crippen LogP contribution in [-0.4, -0.2) is 33.5 Å². The van der Waals surface area contributed by atoms with E-state index in [0.29, 0.717) is 19.3 Å². The Morgan fingerprint density at radius 2 is 1.68 bits per heavy atom. The number of hydrogen-bond donors (Lipinski definition) is 1. The fourth-order valence-electron chi connectivity index (χ4n) is 2.15. The topological polar surface area (TPSA) is 30.5 Å². The third-order valence-corrected chi connectivity index (χ3v) is 3.48. The predicted molar refractivity (Wildman–Crippen MR) is 79.8 cm³/mol. The van der Waals surface area contributed by atoms with Crippen LogP contribution in [0.5, 0.6) is 0 Å². The van der Waals surface area contributed by atoms with Crippen LogP contribution in [0.1, 0.15) is 35.2 Å². The normalized spacial score (nSPS) is 12.7. The van der Waals surface area contributed by atoms with E-state index < -0.39 is 0 Å². The van der Waals surface area contributed by atoms with Crippen LogP contribution in [0.3, 0.4) is 0 Å².